The third-order valence-corrected chi connectivity index (χ3v) is 4.29. The zero-order chi connectivity index (χ0) is 14.3. The number of hydrogen-bond acceptors (Lipinski definition) is 4. The van der Waals surface area contributed by atoms with Crippen LogP contribution in [0.4, 0.5) is 5.69 Å². The number of anilines is 1. The Bertz CT molecular complexity index is 471. The number of benzene rings is 1. The van der Waals surface area contributed by atoms with Gasteiger partial charge < -0.3 is 10.1 Å². The number of nitrogens with one attached hydrogen (secondary N) is 2. The van der Waals surface area contributed by atoms with Crippen LogP contribution in [-0.4, -0.2) is 34.7 Å². The van der Waals surface area contributed by atoms with Crippen LogP contribution in [0.2, 0.25) is 0 Å². The van der Waals surface area contributed by atoms with E-state index in [1.807, 2.05) is 0 Å². The van der Waals surface area contributed by atoms with Crippen molar-refractivity contribution < 1.29 is 13.2 Å². The average Bonchev–Trinajstić information content (AvgIpc) is 2.39. The van der Waals surface area contributed by atoms with Gasteiger partial charge in [0.2, 0.25) is 10.0 Å². The van der Waals surface area contributed by atoms with Gasteiger partial charge in [0.05, 0.1) is 11.5 Å². The smallest absolute Gasteiger partial charge is 0.240 e. The molecule has 0 spiro atoms. The molecule has 1 unspecified atom stereocenters. The molecule has 1 atom stereocenters. The van der Waals surface area contributed by atoms with Crippen molar-refractivity contribution in [1.82, 2.24) is 4.72 Å². The second-order valence-electron chi connectivity index (χ2n) is 4.23. The van der Waals surface area contributed by atoms with Crippen LogP contribution in [0.1, 0.15) is 20.3 Å². The van der Waals surface area contributed by atoms with E-state index in [9.17, 15) is 8.42 Å². The molecule has 0 saturated carbocycles. The molecule has 0 aliphatic carbocycles. The van der Waals surface area contributed by atoms with E-state index in [0.29, 0.717) is 13.2 Å². The highest BCUT2D eigenvalue weighted by atomic mass is 32.2. The van der Waals surface area contributed by atoms with Crippen molar-refractivity contribution in [3.63, 3.8) is 0 Å². The summed E-state index contributed by atoms with van der Waals surface area (Å²) in [6.07, 6.45) is 0.936. The fourth-order valence-electron chi connectivity index (χ4n) is 1.70. The van der Waals surface area contributed by atoms with Gasteiger partial charge in [-0.25, -0.2) is 13.1 Å². The normalized spacial score (nSPS) is 13.2. The summed E-state index contributed by atoms with van der Waals surface area (Å²) in [6.45, 7) is 4.83. The Morgan fingerprint density at radius 1 is 1.21 bits per heavy atom. The van der Waals surface area contributed by atoms with Crippen LogP contribution in [0.15, 0.2) is 29.2 Å². The summed E-state index contributed by atoms with van der Waals surface area (Å²) < 4.78 is 31.1. The molecule has 1 aromatic carbocycles. The van der Waals surface area contributed by atoms with Gasteiger partial charge in [0.25, 0.3) is 0 Å². The van der Waals surface area contributed by atoms with Gasteiger partial charge in [-0.15, -0.1) is 0 Å². The molecular formula is C13H22N2O3S. The van der Waals surface area contributed by atoms with Crippen LogP contribution in [0.5, 0.6) is 0 Å². The molecule has 0 bridgehead atoms. The first-order chi connectivity index (χ1) is 9.03. The highest BCUT2D eigenvalue weighted by Crippen LogP contribution is 2.15. The highest BCUT2D eigenvalue weighted by Gasteiger charge is 2.12. The molecule has 5 nitrogen and oxygen atoms in total. The fraction of sp³-hybridized carbons (Fsp3) is 0.538. The summed E-state index contributed by atoms with van der Waals surface area (Å²) >= 11 is 0. The Morgan fingerprint density at radius 3 is 2.32 bits per heavy atom. The van der Waals surface area contributed by atoms with Crippen molar-refractivity contribution in [3.05, 3.63) is 24.3 Å². The van der Waals surface area contributed by atoms with Gasteiger partial charge in [-0.2, -0.15) is 0 Å². The molecule has 2 N–H and O–H groups in total. The summed E-state index contributed by atoms with van der Waals surface area (Å²) in [5, 5.41) is 3.30. The highest BCUT2D eigenvalue weighted by molar-refractivity contribution is 7.89. The first-order valence-electron chi connectivity index (χ1n) is 6.38. The lowest BCUT2D eigenvalue weighted by atomic mass is 10.2. The topological polar surface area (TPSA) is 67.4 Å². The number of sulfonamides is 1. The summed E-state index contributed by atoms with van der Waals surface area (Å²) in [7, 11) is -1.71. The second kappa shape index (κ2) is 7.47. The Morgan fingerprint density at radius 2 is 1.84 bits per heavy atom. The van der Waals surface area contributed by atoms with Gasteiger partial charge in [-0.05, 0) is 30.7 Å². The van der Waals surface area contributed by atoms with E-state index >= 15 is 0 Å². The summed E-state index contributed by atoms with van der Waals surface area (Å²) in [5.74, 6) is 0. The lowest BCUT2D eigenvalue weighted by molar-refractivity contribution is 0.184. The molecule has 0 heterocycles. The standard InChI is InChI=1S/C13H22N2O3S/c1-4-11(10-18-3)15-12-6-8-13(9-7-12)19(16,17)14-5-2/h6-9,11,14-15H,4-5,10H2,1-3H3. The van der Waals surface area contributed by atoms with E-state index in [1.165, 1.54) is 0 Å². The van der Waals surface area contributed by atoms with Crippen molar-refractivity contribution in [1.29, 1.82) is 0 Å². The largest absolute Gasteiger partial charge is 0.383 e. The lowest BCUT2D eigenvalue weighted by Crippen LogP contribution is -2.24. The number of ether oxygens (including phenoxy) is 1. The van der Waals surface area contributed by atoms with Crippen LogP contribution in [0, 0.1) is 0 Å². The van der Waals surface area contributed by atoms with E-state index < -0.39 is 10.0 Å². The van der Waals surface area contributed by atoms with Crippen LogP contribution in [0.3, 0.4) is 0 Å². The van der Waals surface area contributed by atoms with Gasteiger partial charge >= 0.3 is 0 Å². The van der Waals surface area contributed by atoms with Gasteiger partial charge in [-0.1, -0.05) is 13.8 Å². The second-order valence-corrected chi connectivity index (χ2v) is 6.00. The molecule has 108 valence electrons. The molecule has 19 heavy (non-hydrogen) atoms. The SMILES string of the molecule is CCNS(=O)(=O)c1ccc(NC(CC)COC)cc1. The Labute approximate surface area is 115 Å². The molecule has 0 radical (unpaired) electrons. The Hall–Kier alpha value is -1.11. The third kappa shape index (κ3) is 4.81. The van der Waals surface area contributed by atoms with Gasteiger partial charge in [-0.3, -0.25) is 0 Å². The zero-order valence-corrected chi connectivity index (χ0v) is 12.5. The van der Waals surface area contributed by atoms with Gasteiger partial charge in [0, 0.05) is 25.4 Å². The Balaban J connectivity index is 2.76. The van der Waals surface area contributed by atoms with Crippen molar-refractivity contribution in [2.45, 2.75) is 31.2 Å². The maximum Gasteiger partial charge on any atom is 0.240 e. The molecule has 0 amide bonds. The molecule has 0 aliphatic heterocycles. The zero-order valence-electron chi connectivity index (χ0n) is 11.6. The number of rotatable bonds is 8. The molecule has 0 aliphatic rings. The van der Waals surface area contributed by atoms with Crippen LogP contribution in [-0.2, 0) is 14.8 Å². The molecular weight excluding hydrogens is 264 g/mol. The van der Waals surface area contributed by atoms with Gasteiger partial charge in [0.1, 0.15) is 0 Å². The summed E-state index contributed by atoms with van der Waals surface area (Å²) in [6, 6.07) is 6.95. The number of hydrogen-bond donors (Lipinski definition) is 2. The van der Waals surface area contributed by atoms with Crippen LogP contribution >= 0.6 is 0 Å². The predicted molar refractivity (Wildman–Crippen MR) is 76.9 cm³/mol. The predicted octanol–water partition coefficient (Wildman–Crippen LogP) is 1.82. The lowest BCUT2D eigenvalue weighted by Gasteiger charge is -2.17. The minimum absolute atomic E-state index is 0.223. The van der Waals surface area contributed by atoms with Crippen molar-refractivity contribution in [3.8, 4) is 0 Å². The maximum absolute atomic E-state index is 11.8. The summed E-state index contributed by atoms with van der Waals surface area (Å²) in [5.41, 5.74) is 0.888. The Kier molecular flexibility index (Phi) is 6.27. The first-order valence-corrected chi connectivity index (χ1v) is 7.87. The molecule has 1 aromatic rings. The number of methoxy groups -OCH3 is 1. The minimum atomic E-state index is -3.37. The van der Waals surface area contributed by atoms with Crippen molar-refractivity contribution in [2.75, 3.05) is 25.6 Å². The van der Waals surface area contributed by atoms with E-state index in [1.54, 1.807) is 38.3 Å². The molecule has 0 saturated heterocycles. The maximum atomic E-state index is 11.8. The average molecular weight is 286 g/mol. The first kappa shape index (κ1) is 15.9. The molecule has 6 heteroatoms. The van der Waals surface area contributed by atoms with E-state index in [0.717, 1.165) is 12.1 Å². The van der Waals surface area contributed by atoms with Gasteiger partial charge in [0.15, 0.2) is 0 Å². The molecule has 1 rings (SSSR count). The van der Waals surface area contributed by atoms with Crippen molar-refractivity contribution in [2.24, 2.45) is 0 Å². The minimum Gasteiger partial charge on any atom is -0.383 e. The van der Waals surface area contributed by atoms with E-state index in [2.05, 4.69) is 17.0 Å². The quantitative estimate of drug-likeness (QED) is 0.765. The van der Waals surface area contributed by atoms with Crippen LogP contribution < -0.4 is 10.0 Å². The third-order valence-electron chi connectivity index (χ3n) is 2.73. The van der Waals surface area contributed by atoms with Crippen molar-refractivity contribution >= 4 is 15.7 Å². The van der Waals surface area contributed by atoms with E-state index in [4.69, 9.17) is 4.74 Å². The molecule has 0 fully saturated rings. The summed E-state index contributed by atoms with van der Waals surface area (Å²) in [4.78, 5) is 0.277. The van der Waals surface area contributed by atoms with Crippen LogP contribution in [0.25, 0.3) is 0 Å². The monoisotopic (exact) mass is 286 g/mol. The molecule has 0 aromatic heterocycles. The fourth-order valence-corrected chi connectivity index (χ4v) is 2.74. The van der Waals surface area contributed by atoms with E-state index in [-0.39, 0.29) is 10.9 Å².